The molecule has 0 bridgehead atoms. The molecule has 6 nitrogen and oxygen atoms in total. The highest BCUT2D eigenvalue weighted by Crippen LogP contribution is 2.25. The predicted octanol–water partition coefficient (Wildman–Crippen LogP) is 4.46. The number of H-pyrrole nitrogens is 1. The Bertz CT molecular complexity index is 1200. The fourth-order valence-electron chi connectivity index (χ4n) is 4.50. The van der Waals surface area contributed by atoms with Crippen LogP contribution in [0.25, 0.3) is 21.9 Å². The van der Waals surface area contributed by atoms with Crippen LogP contribution in [0.3, 0.4) is 0 Å². The van der Waals surface area contributed by atoms with Crippen molar-refractivity contribution in [2.45, 2.75) is 12.8 Å². The van der Waals surface area contributed by atoms with Crippen LogP contribution >= 0.6 is 0 Å². The van der Waals surface area contributed by atoms with E-state index < -0.39 is 0 Å². The van der Waals surface area contributed by atoms with Crippen LogP contribution in [0.5, 0.6) is 0 Å². The van der Waals surface area contributed by atoms with E-state index in [9.17, 15) is 4.79 Å². The molecule has 5 rings (SSSR count). The van der Waals surface area contributed by atoms with Gasteiger partial charge in [-0.3, -0.25) is 4.90 Å². The molecular formula is C25H27N3O3. The number of nitrogens with zero attached hydrogens (tertiary/aromatic N) is 2. The van der Waals surface area contributed by atoms with Crippen molar-refractivity contribution in [3.8, 4) is 0 Å². The van der Waals surface area contributed by atoms with Gasteiger partial charge in [-0.1, -0.05) is 0 Å². The van der Waals surface area contributed by atoms with Gasteiger partial charge in [-0.2, -0.15) is 0 Å². The molecule has 6 heteroatoms. The van der Waals surface area contributed by atoms with Crippen molar-refractivity contribution >= 4 is 33.5 Å². The molecule has 0 saturated carbocycles. The lowest BCUT2D eigenvalue weighted by atomic mass is 10.1. The summed E-state index contributed by atoms with van der Waals surface area (Å²) in [6, 6.07) is 14.1. The first kappa shape index (κ1) is 19.7. The van der Waals surface area contributed by atoms with E-state index in [1.807, 2.05) is 18.2 Å². The van der Waals surface area contributed by atoms with Gasteiger partial charge in [-0.25, -0.2) is 4.79 Å². The summed E-state index contributed by atoms with van der Waals surface area (Å²) in [4.78, 5) is 20.2. The van der Waals surface area contributed by atoms with E-state index in [1.165, 1.54) is 18.4 Å². The second-order valence-corrected chi connectivity index (χ2v) is 8.14. The topological polar surface area (TPSA) is 61.7 Å². The summed E-state index contributed by atoms with van der Waals surface area (Å²) >= 11 is 0. The van der Waals surface area contributed by atoms with Gasteiger partial charge in [0.05, 0.1) is 18.9 Å². The molecule has 1 aliphatic rings. The monoisotopic (exact) mass is 417 g/mol. The maximum atomic E-state index is 11.8. The Labute approximate surface area is 181 Å². The average molecular weight is 418 g/mol. The number of ether oxygens (including phenoxy) is 1. The number of esters is 1. The van der Waals surface area contributed by atoms with Gasteiger partial charge in [-0.15, -0.1) is 0 Å². The highest BCUT2D eigenvalue weighted by molar-refractivity contribution is 5.95. The number of nitrogens with one attached hydrogen (secondary N) is 1. The van der Waals surface area contributed by atoms with Crippen LogP contribution in [0.4, 0.5) is 5.69 Å². The molecule has 1 aliphatic heterocycles. The smallest absolute Gasteiger partial charge is 0.337 e. The molecule has 2 aromatic heterocycles. The van der Waals surface area contributed by atoms with Gasteiger partial charge in [0.15, 0.2) is 0 Å². The number of aryl methyl sites for hydroxylation is 1. The fourth-order valence-corrected chi connectivity index (χ4v) is 4.50. The molecule has 3 heterocycles. The number of hydrogen-bond donors (Lipinski definition) is 1. The largest absolute Gasteiger partial charge is 0.465 e. The molecule has 1 N–H and O–H groups in total. The van der Waals surface area contributed by atoms with Crippen molar-refractivity contribution in [1.29, 1.82) is 0 Å². The van der Waals surface area contributed by atoms with Crippen LogP contribution in [0, 0.1) is 0 Å². The molecule has 0 amide bonds. The number of rotatable bonds is 6. The molecular weight excluding hydrogens is 390 g/mol. The number of methoxy groups -OCH3 is 1. The summed E-state index contributed by atoms with van der Waals surface area (Å²) in [5.74, 6) is -0.293. The van der Waals surface area contributed by atoms with Crippen molar-refractivity contribution in [3.63, 3.8) is 0 Å². The second kappa shape index (κ2) is 8.47. The number of carbonyl (C=O) groups is 1. The van der Waals surface area contributed by atoms with E-state index in [-0.39, 0.29) is 5.97 Å². The molecule has 0 atom stereocenters. The number of furan rings is 1. The van der Waals surface area contributed by atoms with Gasteiger partial charge in [-0.05, 0) is 67.4 Å². The Balaban J connectivity index is 1.15. The van der Waals surface area contributed by atoms with E-state index in [0.717, 1.165) is 67.4 Å². The van der Waals surface area contributed by atoms with E-state index in [0.29, 0.717) is 5.56 Å². The van der Waals surface area contributed by atoms with Gasteiger partial charge < -0.3 is 19.0 Å². The minimum atomic E-state index is -0.293. The summed E-state index contributed by atoms with van der Waals surface area (Å²) in [7, 11) is 1.42. The number of carbonyl (C=O) groups excluding carboxylic acids is 1. The Hall–Kier alpha value is -3.25. The predicted molar refractivity (Wildman–Crippen MR) is 123 cm³/mol. The highest BCUT2D eigenvalue weighted by Gasteiger charge is 2.18. The Morgan fingerprint density at radius 3 is 2.81 bits per heavy atom. The lowest BCUT2D eigenvalue weighted by Crippen LogP contribution is -2.46. The first-order chi connectivity index (χ1) is 15.2. The zero-order chi connectivity index (χ0) is 21.2. The third-order valence-corrected chi connectivity index (χ3v) is 6.28. The molecule has 2 aromatic carbocycles. The quantitative estimate of drug-likeness (QED) is 0.470. The third-order valence-electron chi connectivity index (χ3n) is 6.28. The third kappa shape index (κ3) is 4.03. The van der Waals surface area contributed by atoms with E-state index in [2.05, 4.69) is 39.2 Å². The van der Waals surface area contributed by atoms with Crippen molar-refractivity contribution in [3.05, 3.63) is 66.1 Å². The molecule has 160 valence electrons. The summed E-state index contributed by atoms with van der Waals surface area (Å²) in [5, 5.41) is 2.27. The van der Waals surface area contributed by atoms with Crippen LogP contribution in [0.2, 0.25) is 0 Å². The fraction of sp³-hybridized carbons (Fsp3) is 0.320. The lowest BCUT2D eigenvalue weighted by Gasteiger charge is -2.36. The van der Waals surface area contributed by atoms with Crippen molar-refractivity contribution in [2.75, 3.05) is 44.7 Å². The second-order valence-electron chi connectivity index (χ2n) is 8.14. The van der Waals surface area contributed by atoms with Crippen molar-refractivity contribution < 1.29 is 13.9 Å². The Kier molecular flexibility index (Phi) is 5.38. The minimum absolute atomic E-state index is 0.293. The Morgan fingerprint density at radius 2 is 1.97 bits per heavy atom. The van der Waals surface area contributed by atoms with Gasteiger partial charge in [0.25, 0.3) is 0 Å². The number of hydrogen-bond acceptors (Lipinski definition) is 5. The van der Waals surface area contributed by atoms with Crippen LogP contribution in [-0.2, 0) is 11.2 Å². The normalized spacial score (nSPS) is 15.1. The standard InChI is InChI=1S/C25H27N3O3/c1-30-25(29)19-4-6-23-22(16-19)20(17-26-23)3-2-9-27-10-12-28(13-11-27)21-5-7-24-18(15-21)8-14-31-24/h4-8,14-17,26H,2-3,9-13H2,1H3. The number of piperazine rings is 1. The molecule has 0 radical (unpaired) electrons. The number of anilines is 1. The van der Waals surface area contributed by atoms with Crippen LogP contribution in [-0.4, -0.2) is 55.7 Å². The molecule has 0 spiro atoms. The lowest BCUT2D eigenvalue weighted by molar-refractivity contribution is 0.0601. The van der Waals surface area contributed by atoms with Gasteiger partial charge in [0.1, 0.15) is 5.58 Å². The molecule has 4 aromatic rings. The van der Waals surface area contributed by atoms with Gasteiger partial charge in [0.2, 0.25) is 0 Å². The first-order valence-corrected chi connectivity index (χ1v) is 10.8. The molecule has 1 fully saturated rings. The molecule has 1 saturated heterocycles. The van der Waals surface area contributed by atoms with E-state index in [1.54, 1.807) is 12.3 Å². The number of aromatic amines is 1. The van der Waals surface area contributed by atoms with E-state index >= 15 is 0 Å². The summed E-state index contributed by atoms with van der Waals surface area (Å²) in [6.07, 6.45) is 5.89. The van der Waals surface area contributed by atoms with E-state index in [4.69, 9.17) is 9.15 Å². The maximum absolute atomic E-state index is 11.8. The highest BCUT2D eigenvalue weighted by atomic mass is 16.5. The average Bonchev–Trinajstić information content (AvgIpc) is 3.45. The minimum Gasteiger partial charge on any atom is -0.465 e. The summed E-state index contributed by atoms with van der Waals surface area (Å²) in [6.45, 7) is 5.31. The summed E-state index contributed by atoms with van der Waals surface area (Å²) < 4.78 is 10.3. The Morgan fingerprint density at radius 1 is 1.10 bits per heavy atom. The maximum Gasteiger partial charge on any atom is 0.337 e. The van der Waals surface area contributed by atoms with Crippen LogP contribution < -0.4 is 4.90 Å². The first-order valence-electron chi connectivity index (χ1n) is 10.8. The van der Waals surface area contributed by atoms with Crippen molar-refractivity contribution in [1.82, 2.24) is 9.88 Å². The molecule has 0 aliphatic carbocycles. The van der Waals surface area contributed by atoms with Gasteiger partial charge in [0, 0.05) is 54.4 Å². The molecule has 31 heavy (non-hydrogen) atoms. The zero-order valence-electron chi connectivity index (χ0n) is 17.8. The van der Waals surface area contributed by atoms with Gasteiger partial charge >= 0.3 is 5.97 Å². The number of benzene rings is 2. The van der Waals surface area contributed by atoms with Crippen LogP contribution in [0.15, 0.2) is 59.3 Å². The summed E-state index contributed by atoms with van der Waals surface area (Å²) in [5.41, 5.74) is 5.13. The van der Waals surface area contributed by atoms with Crippen LogP contribution in [0.1, 0.15) is 22.3 Å². The van der Waals surface area contributed by atoms with Crippen molar-refractivity contribution in [2.24, 2.45) is 0 Å². The number of aromatic nitrogens is 1. The molecule has 0 unspecified atom stereocenters. The SMILES string of the molecule is COC(=O)c1ccc2[nH]cc(CCCN3CCN(c4ccc5occc5c4)CC3)c2c1. The zero-order valence-corrected chi connectivity index (χ0v) is 17.8. The number of fused-ring (bicyclic) bond motifs is 2.